The van der Waals surface area contributed by atoms with Crippen molar-refractivity contribution in [2.45, 2.75) is 13.8 Å². The fourth-order valence-corrected chi connectivity index (χ4v) is 3.81. The molecule has 5 aromatic rings. The summed E-state index contributed by atoms with van der Waals surface area (Å²) in [6.45, 7) is 3.63. The van der Waals surface area contributed by atoms with Crippen LogP contribution in [-0.2, 0) is 0 Å². The highest BCUT2D eigenvalue weighted by atomic mass is 16.3. The number of nitrogens with zero attached hydrogens (tertiary/aromatic N) is 4. The zero-order valence-electron chi connectivity index (χ0n) is 17.9. The van der Waals surface area contributed by atoms with Crippen molar-refractivity contribution in [3.8, 4) is 17.0 Å². The number of hydrogen-bond acceptors (Lipinski definition) is 6. The van der Waals surface area contributed by atoms with Crippen molar-refractivity contribution >= 4 is 22.6 Å². The van der Waals surface area contributed by atoms with Crippen molar-refractivity contribution < 1.29 is 9.21 Å². The van der Waals surface area contributed by atoms with E-state index < -0.39 is 0 Å². The lowest BCUT2D eigenvalue weighted by Crippen LogP contribution is -2.15. The van der Waals surface area contributed by atoms with Crippen molar-refractivity contribution in [3.63, 3.8) is 0 Å². The predicted molar refractivity (Wildman–Crippen MR) is 125 cm³/mol. The Labute approximate surface area is 188 Å². The van der Waals surface area contributed by atoms with Crippen LogP contribution in [0.3, 0.4) is 0 Å². The van der Waals surface area contributed by atoms with Crippen LogP contribution < -0.4 is 10.7 Å². The van der Waals surface area contributed by atoms with Gasteiger partial charge in [-0.15, -0.1) is 5.10 Å². The lowest BCUT2D eigenvalue weighted by molar-refractivity contribution is 0.102. The summed E-state index contributed by atoms with van der Waals surface area (Å²) in [6.07, 6.45) is 1.50. The van der Waals surface area contributed by atoms with Gasteiger partial charge < -0.3 is 9.73 Å². The number of para-hydroxylation sites is 1. The van der Waals surface area contributed by atoms with Gasteiger partial charge in [-0.05, 0) is 60.2 Å². The quantitative estimate of drug-likeness (QED) is 0.450. The number of aromatic nitrogens is 4. The molecule has 0 aliphatic heterocycles. The summed E-state index contributed by atoms with van der Waals surface area (Å²) in [7, 11) is 0. The zero-order chi connectivity index (χ0) is 22.9. The Hall–Kier alpha value is -4.59. The Kier molecular flexibility index (Phi) is 5.02. The molecular formula is C25H19N5O3. The third-order valence-electron chi connectivity index (χ3n) is 5.48. The van der Waals surface area contributed by atoms with Crippen molar-refractivity contribution in [1.29, 1.82) is 0 Å². The van der Waals surface area contributed by atoms with E-state index >= 15 is 0 Å². The highest BCUT2D eigenvalue weighted by Crippen LogP contribution is 2.28. The molecule has 0 bridgehead atoms. The molecule has 3 aromatic carbocycles. The van der Waals surface area contributed by atoms with Crippen LogP contribution >= 0.6 is 0 Å². The average molecular weight is 437 g/mol. The number of amides is 1. The molecule has 2 aromatic heterocycles. The minimum Gasteiger partial charge on any atom is -0.455 e. The standard InChI is InChI=1S/C25H19N5O3/c1-15-13-18(11-12-21(15)30-14-26-28-29-30)27-25(32)20-10-6-9-19-22(31)16(2)23(33-24(19)20)17-7-4-3-5-8-17/h3-14H,1-2H3,(H,27,32). The van der Waals surface area contributed by atoms with Gasteiger partial charge in [-0.1, -0.05) is 36.4 Å². The van der Waals surface area contributed by atoms with Crippen LogP contribution in [0.5, 0.6) is 0 Å². The number of nitrogens with one attached hydrogen (secondary N) is 1. The molecule has 0 atom stereocenters. The molecule has 33 heavy (non-hydrogen) atoms. The maximum absolute atomic E-state index is 13.2. The number of fused-ring (bicyclic) bond motifs is 1. The van der Waals surface area contributed by atoms with Crippen LogP contribution in [0.15, 0.2) is 82.3 Å². The fraction of sp³-hybridized carbons (Fsp3) is 0.0800. The molecule has 0 spiro atoms. The second-order valence-corrected chi connectivity index (χ2v) is 7.64. The van der Waals surface area contributed by atoms with Crippen molar-refractivity contribution in [3.05, 3.63) is 100.0 Å². The Bertz CT molecular complexity index is 1540. The minimum absolute atomic E-state index is 0.161. The van der Waals surface area contributed by atoms with Crippen LogP contribution in [0.1, 0.15) is 21.5 Å². The summed E-state index contributed by atoms with van der Waals surface area (Å²) < 4.78 is 7.70. The van der Waals surface area contributed by atoms with Crippen molar-refractivity contribution in [2.75, 3.05) is 5.32 Å². The first-order chi connectivity index (χ1) is 16.0. The van der Waals surface area contributed by atoms with E-state index in [0.29, 0.717) is 22.4 Å². The largest absolute Gasteiger partial charge is 0.455 e. The molecule has 0 saturated heterocycles. The van der Waals surface area contributed by atoms with E-state index in [1.807, 2.05) is 49.4 Å². The van der Waals surface area contributed by atoms with Gasteiger partial charge in [-0.3, -0.25) is 9.59 Å². The summed E-state index contributed by atoms with van der Waals surface area (Å²) in [5.41, 5.74) is 3.94. The number of carbonyl (C=O) groups excluding carboxylic acids is 1. The number of anilines is 1. The number of rotatable bonds is 4. The van der Waals surface area contributed by atoms with Crippen molar-refractivity contribution in [1.82, 2.24) is 20.2 Å². The summed E-state index contributed by atoms with van der Waals surface area (Å²) in [6, 6.07) is 19.8. The molecule has 5 rings (SSSR count). The molecule has 0 aliphatic carbocycles. The molecule has 2 heterocycles. The maximum Gasteiger partial charge on any atom is 0.259 e. The molecule has 8 nitrogen and oxygen atoms in total. The Morgan fingerprint density at radius 3 is 2.55 bits per heavy atom. The first-order valence-electron chi connectivity index (χ1n) is 10.3. The lowest BCUT2D eigenvalue weighted by Gasteiger charge is -2.12. The van der Waals surface area contributed by atoms with E-state index in [9.17, 15) is 9.59 Å². The van der Waals surface area contributed by atoms with Crippen LogP contribution in [0.4, 0.5) is 5.69 Å². The van der Waals surface area contributed by atoms with Gasteiger partial charge in [0.2, 0.25) is 0 Å². The Morgan fingerprint density at radius 2 is 1.82 bits per heavy atom. The van der Waals surface area contributed by atoms with Crippen LogP contribution in [0.25, 0.3) is 28.0 Å². The summed E-state index contributed by atoms with van der Waals surface area (Å²) >= 11 is 0. The number of carbonyl (C=O) groups is 1. The Morgan fingerprint density at radius 1 is 1.00 bits per heavy atom. The average Bonchev–Trinajstić information content (AvgIpc) is 3.36. The van der Waals surface area contributed by atoms with E-state index in [-0.39, 0.29) is 22.5 Å². The van der Waals surface area contributed by atoms with Crippen molar-refractivity contribution in [2.24, 2.45) is 0 Å². The molecule has 0 saturated carbocycles. The molecule has 162 valence electrons. The van der Waals surface area contributed by atoms with Gasteiger partial charge in [0.05, 0.1) is 16.6 Å². The SMILES string of the molecule is Cc1cc(NC(=O)c2cccc3c(=O)c(C)c(-c4ccccc4)oc23)ccc1-n1cnnn1. The summed E-state index contributed by atoms with van der Waals surface area (Å²) in [5.74, 6) is 0.0798. The number of aryl methyl sites for hydroxylation is 1. The summed E-state index contributed by atoms with van der Waals surface area (Å²) in [5, 5.41) is 14.5. The van der Waals surface area contributed by atoms with Crippen LogP contribution in [0.2, 0.25) is 0 Å². The molecule has 1 amide bonds. The molecule has 1 N–H and O–H groups in total. The normalized spacial score (nSPS) is 11.0. The maximum atomic E-state index is 13.2. The predicted octanol–water partition coefficient (Wildman–Crippen LogP) is 4.30. The highest BCUT2D eigenvalue weighted by Gasteiger charge is 2.18. The van der Waals surface area contributed by atoms with Crippen LogP contribution in [-0.4, -0.2) is 26.1 Å². The van der Waals surface area contributed by atoms with Crippen LogP contribution in [0, 0.1) is 13.8 Å². The van der Waals surface area contributed by atoms with Gasteiger partial charge in [0.1, 0.15) is 12.1 Å². The first-order valence-corrected chi connectivity index (χ1v) is 10.3. The zero-order valence-corrected chi connectivity index (χ0v) is 17.9. The van der Waals surface area contributed by atoms with E-state index in [0.717, 1.165) is 16.8 Å². The molecule has 8 heteroatoms. The van der Waals surface area contributed by atoms with E-state index in [1.165, 1.54) is 6.33 Å². The molecule has 0 aliphatic rings. The summed E-state index contributed by atoms with van der Waals surface area (Å²) in [4.78, 5) is 26.2. The second-order valence-electron chi connectivity index (χ2n) is 7.64. The minimum atomic E-state index is -0.374. The molecular weight excluding hydrogens is 418 g/mol. The third-order valence-corrected chi connectivity index (χ3v) is 5.48. The number of hydrogen-bond donors (Lipinski definition) is 1. The topological polar surface area (TPSA) is 103 Å². The molecule has 0 radical (unpaired) electrons. The van der Waals surface area contributed by atoms with E-state index in [1.54, 1.807) is 35.9 Å². The highest BCUT2D eigenvalue weighted by molar-refractivity contribution is 6.11. The number of tetrazole rings is 1. The molecule has 0 unspecified atom stereocenters. The number of benzene rings is 3. The van der Waals surface area contributed by atoms with Gasteiger partial charge in [0.25, 0.3) is 5.91 Å². The lowest BCUT2D eigenvalue weighted by atomic mass is 10.0. The third kappa shape index (κ3) is 3.67. The second kappa shape index (κ2) is 8.16. The molecule has 0 fully saturated rings. The van der Waals surface area contributed by atoms with Gasteiger partial charge in [0, 0.05) is 16.8 Å². The van der Waals surface area contributed by atoms with E-state index in [2.05, 4.69) is 20.8 Å². The van der Waals surface area contributed by atoms with Gasteiger partial charge >= 0.3 is 0 Å². The van der Waals surface area contributed by atoms with Gasteiger partial charge in [0.15, 0.2) is 11.0 Å². The first kappa shape index (κ1) is 20.3. The van der Waals surface area contributed by atoms with Gasteiger partial charge in [-0.25, -0.2) is 4.68 Å². The van der Waals surface area contributed by atoms with E-state index in [4.69, 9.17) is 4.42 Å². The smallest absolute Gasteiger partial charge is 0.259 e. The Balaban J connectivity index is 1.55. The van der Waals surface area contributed by atoms with Gasteiger partial charge in [-0.2, -0.15) is 0 Å². The monoisotopic (exact) mass is 437 g/mol. The fourth-order valence-electron chi connectivity index (χ4n) is 3.81.